The van der Waals surface area contributed by atoms with Crippen molar-refractivity contribution in [2.75, 3.05) is 30.4 Å². The maximum Gasteiger partial charge on any atom is 0.224 e. The van der Waals surface area contributed by atoms with Gasteiger partial charge in [-0.2, -0.15) is 0 Å². The number of hydrogen-bond acceptors (Lipinski definition) is 7. The first-order chi connectivity index (χ1) is 20.6. The Hall–Kier alpha value is -4.96. The Morgan fingerprint density at radius 3 is 2.79 bits per heavy atom. The van der Waals surface area contributed by atoms with Gasteiger partial charge >= 0.3 is 0 Å². The molecule has 0 bridgehead atoms. The maximum atomic E-state index is 14.0. The number of carbonyl (C=O) groups is 1. The number of H-pyrrole nitrogens is 1. The third-order valence-corrected chi connectivity index (χ3v) is 7.79. The van der Waals surface area contributed by atoms with E-state index in [0.29, 0.717) is 53.0 Å². The second-order valence-electron chi connectivity index (χ2n) is 10.7. The third kappa shape index (κ3) is 5.24. The molecular formula is C32H29FN8O. The molecule has 2 aliphatic heterocycles. The number of piperidine rings is 1. The van der Waals surface area contributed by atoms with Gasteiger partial charge in [-0.3, -0.25) is 19.8 Å². The van der Waals surface area contributed by atoms with E-state index < -0.39 is 0 Å². The van der Waals surface area contributed by atoms with Gasteiger partial charge in [-0.1, -0.05) is 18.2 Å². The normalized spacial score (nSPS) is 15.1. The van der Waals surface area contributed by atoms with Crippen molar-refractivity contribution in [1.82, 2.24) is 25.3 Å². The summed E-state index contributed by atoms with van der Waals surface area (Å²) < 4.78 is 14.0. The molecule has 0 atom stereocenters. The van der Waals surface area contributed by atoms with Gasteiger partial charge in [0.1, 0.15) is 23.7 Å². The summed E-state index contributed by atoms with van der Waals surface area (Å²) in [5, 5.41) is 9.71. The maximum absolute atomic E-state index is 14.0. The molecule has 5 aromatic rings. The number of rotatable bonds is 6. The highest BCUT2D eigenvalue weighted by Gasteiger charge is 2.22. The standard InChI is InChI=1S/C32H29FN8O/c33-23-3-1-2-21(13-23)29-31-27(8-11-36-29)40-32(41-31)30-25-15-20(4-5-26(25)37-18-38-30)22-14-24(17-35-16-22)39-28(42)12-19-6-9-34-10-7-19/h1-5,8,11,13-17,19,34,37H,6-7,9-10,12,18H2,(H,39,42)(H,40,41). The van der Waals surface area contributed by atoms with Crippen LogP contribution < -0.4 is 16.0 Å². The van der Waals surface area contributed by atoms with Crippen LogP contribution in [-0.4, -0.2) is 51.3 Å². The number of aromatic nitrogens is 4. The number of pyridine rings is 2. The minimum atomic E-state index is -0.328. The van der Waals surface area contributed by atoms with Crippen molar-refractivity contribution in [3.05, 3.63) is 90.4 Å². The summed E-state index contributed by atoms with van der Waals surface area (Å²) in [6, 6.07) is 16.2. The number of imidazole rings is 1. The first-order valence-electron chi connectivity index (χ1n) is 14.1. The molecule has 1 amide bonds. The van der Waals surface area contributed by atoms with Crippen molar-refractivity contribution in [3.8, 4) is 22.4 Å². The predicted octanol–water partition coefficient (Wildman–Crippen LogP) is 5.37. The largest absolute Gasteiger partial charge is 0.366 e. The molecule has 2 aromatic carbocycles. The molecular weight excluding hydrogens is 531 g/mol. The molecule has 0 radical (unpaired) electrons. The van der Waals surface area contributed by atoms with Crippen LogP contribution >= 0.6 is 0 Å². The Morgan fingerprint density at radius 1 is 1.00 bits per heavy atom. The van der Waals surface area contributed by atoms with Crippen LogP contribution in [0, 0.1) is 11.7 Å². The summed E-state index contributed by atoms with van der Waals surface area (Å²) in [5.41, 5.74) is 7.72. The van der Waals surface area contributed by atoms with Crippen molar-refractivity contribution >= 4 is 34.0 Å². The zero-order valence-electron chi connectivity index (χ0n) is 22.8. The zero-order valence-corrected chi connectivity index (χ0v) is 22.8. The molecule has 9 nitrogen and oxygen atoms in total. The van der Waals surface area contributed by atoms with Crippen LogP contribution in [0.5, 0.6) is 0 Å². The number of hydrogen-bond donors (Lipinski definition) is 4. The quantitative estimate of drug-likeness (QED) is 0.222. The highest BCUT2D eigenvalue weighted by molar-refractivity contribution is 6.16. The van der Waals surface area contributed by atoms with Crippen molar-refractivity contribution < 1.29 is 9.18 Å². The predicted molar refractivity (Wildman–Crippen MR) is 162 cm³/mol. The van der Waals surface area contributed by atoms with Crippen LogP contribution in [0.2, 0.25) is 0 Å². The molecule has 1 fully saturated rings. The van der Waals surface area contributed by atoms with Gasteiger partial charge < -0.3 is 20.9 Å². The Balaban J connectivity index is 1.18. The third-order valence-electron chi connectivity index (χ3n) is 7.79. The molecule has 0 spiro atoms. The van der Waals surface area contributed by atoms with E-state index in [1.54, 1.807) is 24.7 Å². The number of anilines is 2. The number of fused-ring (bicyclic) bond motifs is 2. The number of aliphatic imine (C=N–C) groups is 1. The Morgan fingerprint density at radius 2 is 1.90 bits per heavy atom. The Bertz CT molecular complexity index is 1820. The van der Waals surface area contributed by atoms with Gasteiger partial charge in [-0.15, -0.1) is 0 Å². The molecule has 210 valence electrons. The number of halogens is 1. The van der Waals surface area contributed by atoms with Crippen LogP contribution in [0.1, 0.15) is 30.7 Å². The Labute approximate surface area is 241 Å². The highest BCUT2D eigenvalue weighted by Crippen LogP contribution is 2.32. The van der Waals surface area contributed by atoms with Gasteiger partial charge in [0.05, 0.1) is 23.1 Å². The van der Waals surface area contributed by atoms with E-state index in [1.165, 1.54) is 12.1 Å². The van der Waals surface area contributed by atoms with E-state index in [-0.39, 0.29) is 11.7 Å². The summed E-state index contributed by atoms with van der Waals surface area (Å²) >= 11 is 0. The molecule has 5 heterocycles. The number of nitrogens with one attached hydrogen (secondary N) is 4. The van der Waals surface area contributed by atoms with Crippen LogP contribution in [0.15, 0.2) is 78.2 Å². The van der Waals surface area contributed by atoms with Gasteiger partial charge in [0.15, 0.2) is 5.82 Å². The highest BCUT2D eigenvalue weighted by atomic mass is 19.1. The fourth-order valence-corrected chi connectivity index (χ4v) is 5.69. The minimum absolute atomic E-state index is 0.0156. The summed E-state index contributed by atoms with van der Waals surface area (Å²) in [4.78, 5) is 34.6. The van der Waals surface area contributed by atoms with Gasteiger partial charge in [-0.05, 0) is 73.8 Å². The van der Waals surface area contributed by atoms with E-state index in [9.17, 15) is 9.18 Å². The lowest BCUT2D eigenvalue weighted by molar-refractivity contribution is -0.117. The average molecular weight is 561 g/mol. The van der Waals surface area contributed by atoms with E-state index in [4.69, 9.17) is 9.98 Å². The number of amides is 1. The van der Waals surface area contributed by atoms with E-state index in [2.05, 4.69) is 37.0 Å². The molecule has 0 saturated carbocycles. The molecule has 10 heteroatoms. The topological polar surface area (TPSA) is 120 Å². The lowest BCUT2D eigenvalue weighted by Gasteiger charge is -2.22. The number of nitrogens with zero attached hydrogens (tertiary/aromatic N) is 4. The van der Waals surface area contributed by atoms with Crippen LogP contribution in [0.25, 0.3) is 33.4 Å². The number of benzene rings is 2. The van der Waals surface area contributed by atoms with Crippen molar-refractivity contribution in [3.63, 3.8) is 0 Å². The molecule has 42 heavy (non-hydrogen) atoms. The van der Waals surface area contributed by atoms with Gasteiger partial charge in [0, 0.05) is 41.2 Å². The molecule has 4 N–H and O–H groups in total. The molecule has 0 aliphatic carbocycles. The molecule has 3 aromatic heterocycles. The van der Waals surface area contributed by atoms with Crippen molar-refractivity contribution in [1.29, 1.82) is 0 Å². The minimum Gasteiger partial charge on any atom is -0.366 e. The molecule has 0 unspecified atom stereocenters. The van der Waals surface area contributed by atoms with Gasteiger partial charge in [-0.25, -0.2) is 9.37 Å². The lowest BCUT2D eigenvalue weighted by atomic mass is 9.94. The van der Waals surface area contributed by atoms with Crippen molar-refractivity contribution in [2.24, 2.45) is 10.9 Å². The number of aromatic amines is 1. The van der Waals surface area contributed by atoms with Crippen LogP contribution in [0.4, 0.5) is 15.8 Å². The molecule has 1 saturated heterocycles. The fourth-order valence-electron chi connectivity index (χ4n) is 5.69. The van der Waals surface area contributed by atoms with E-state index in [1.807, 2.05) is 30.3 Å². The van der Waals surface area contributed by atoms with Crippen LogP contribution in [0.3, 0.4) is 0 Å². The molecule has 7 rings (SSSR count). The summed E-state index contributed by atoms with van der Waals surface area (Å²) in [6.07, 6.45) is 7.71. The summed E-state index contributed by atoms with van der Waals surface area (Å²) in [6.45, 7) is 2.34. The first kappa shape index (κ1) is 26.0. The molecule has 2 aliphatic rings. The van der Waals surface area contributed by atoms with E-state index >= 15 is 0 Å². The van der Waals surface area contributed by atoms with Crippen molar-refractivity contribution in [2.45, 2.75) is 19.3 Å². The fraction of sp³-hybridized carbons (Fsp3) is 0.219. The van der Waals surface area contributed by atoms with Crippen LogP contribution in [-0.2, 0) is 4.79 Å². The summed E-state index contributed by atoms with van der Waals surface area (Å²) in [5.74, 6) is 0.702. The van der Waals surface area contributed by atoms with Gasteiger partial charge in [0.25, 0.3) is 0 Å². The lowest BCUT2D eigenvalue weighted by Crippen LogP contribution is -2.30. The second-order valence-corrected chi connectivity index (χ2v) is 10.7. The smallest absolute Gasteiger partial charge is 0.224 e. The summed E-state index contributed by atoms with van der Waals surface area (Å²) in [7, 11) is 0. The second kappa shape index (κ2) is 11.1. The first-order valence-corrected chi connectivity index (χ1v) is 14.1. The number of carbonyl (C=O) groups excluding carboxylic acids is 1. The Kier molecular flexibility index (Phi) is 6.89. The SMILES string of the molecule is O=C(CC1CCNCC1)Nc1cncc(-c2ccc3c(c2)C(c2nc4c(-c5cccc(F)c5)nccc4[nH]2)=NCN3)c1. The van der Waals surface area contributed by atoms with E-state index in [0.717, 1.165) is 53.8 Å². The van der Waals surface area contributed by atoms with Gasteiger partial charge in [0.2, 0.25) is 5.91 Å². The monoisotopic (exact) mass is 560 g/mol. The zero-order chi connectivity index (χ0) is 28.5. The average Bonchev–Trinajstić information content (AvgIpc) is 3.45.